The molecule has 0 spiro atoms. The van der Waals surface area contributed by atoms with Gasteiger partial charge in [0.1, 0.15) is 11.6 Å². The van der Waals surface area contributed by atoms with Crippen LogP contribution in [0.5, 0.6) is 0 Å². The summed E-state index contributed by atoms with van der Waals surface area (Å²) in [7, 11) is 0. The van der Waals surface area contributed by atoms with Crippen molar-refractivity contribution >= 4 is 40.2 Å². The molecular formula is C17H14Cl2N4. The highest BCUT2D eigenvalue weighted by Gasteiger charge is 2.10. The molecule has 0 aliphatic carbocycles. The number of anilines is 1. The van der Waals surface area contributed by atoms with Crippen molar-refractivity contribution in [1.82, 2.24) is 9.97 Å². The molecule has 0 saturated carbocycles. The van der Waals surface area contributed by atoms with Gasteiger partial charge in [-0.2, -0.15) is 5.26 Å². The third-order valence-corrected chi connectivity index (χ3v) is 4.46. The average molecular weight is 345 g/mol. The van der Waals surface area contributed by atoms with E-state index in [2.05, 4.69) is 28.3 Å². The minimum absolute atomic E-state index is 0.230. The largest absolute Gasteiger partial charge is 0.355 e. The highest BCUT2D eigenvalue weighted by molar-refractivity contribution is 6.42. The zero-order valence-electron chi connectivity index (χ0n) is 12.4. The number of aromatic nitrogens is 2. The van der Waals surface area contributed by atoms with Gasteiger partial charge in [0.15, 0.2) is 0 Å². The van der Waals surface area contributed by atoms with Gasteiger partial charge in [0.05, 0.1) is 21.1 Å². The highest BCUT2D eigenvalue weighted by atomic mass is 35.5. The van der Waals surface area contributed by atoms with E-state index < -0.39 is 0 Å². The second-order valence-electron chi connectivity index (χ2n) is 5.35. The van der Waals surface area contributed by atoms with Crippen LogP contribution in [0.3, 0.4) is 0 Å². The minimum Gasteiger partial charge on any atom is -0.355 e. The third kappa shape index (κ3) is 3.26. The normalized spacial score (nSPS) is 12.1. The number of hydrogen-bond acceptors (Lipinski definition) is 3. The Morgan fingerprint density at radius 1 is 1.26 bits per heavy atom. The first-order valence-corrected chi connectivity index (χ1v) is 7.91. The van der Waals surface area contributed by atoms with Gasteiger partial charge >= 0.3 is 0 Å². The van der Waals surface area contributed by atoms with Gasteiger partial charge in [-0.1, -0.05) is 42.3 Å². The van der Waals surface area contributed by atoms with E-state index in [1.165, 1.54) is 0 Å². The lowest BCUT2D eigenvalue weighted by molar-refractivity contribution is 0.799. The third-order valence-electron chi connectivity index (χ3n) is 3.72. The molecule has 4 nitrogen and oxygen atoms in total. The molecule has 2 N–H and O–H groups in total. The van der Waals surface area contributed by atoms with E-state index in [0.717, 1.165) is 11.1 Å². The van der Waals surface area contributed by atoms with E-state index in [4.69, 9.17) is 28.5 Å². The van der Waals surface area contributed by atoms with Crippen molar-refractivity contribution in [3.05, 3.63) is 57.6 Å². The molecule has 0 aliphatic heterocycles. The lowest BCUT2D eigenvalue weighted by atomic mass is 10.0. The number of imidazole rings is 1. The summed E-state index contributed by atoms with van der Waals surface area (Å²) < 4.78 is 0. The van der Waals surface area contributed by atoms with Crippen molar-refractivity contribution in [2.45, 2.75) is 12.8 Å². The van der Waals surface area contributed by atoms with Crippen molar-refractivity contribution < 1.29 is 0 Å². The highest BCUT2D eigenvalue weighted by Crippen LogP contribution is 2.26. The van der Waals surface area contributed by atoms with Crippen molar-refractivity contribution in [2.75, 3.05) is 11.9 Å². The van der Waals surface area contributed by atoms with Crippen molar-refractivity contribution in [2.24, 2.45) is 0 Å². The summed E-state index contributed by atoms with van der Waals surface area (Å²) in [6.07, 6.45) is 0. The summed E-state index contributed by atoms with van der Waals surface area (Å²) in [5.74, 6) is 0.878. The molecule has 0 bridgehead atoms. The Kier molecular flexibility index (Phi) is 4.42. The maximum atomic E-state index is 9.11. The molecule has 1 aromatic heterocycles. The first kappa shape index (κ1) is 15.7. The van der Waals surface area contributed by atoms with E-state index in [-0.39, 0.29) is 5.92 Å². The number of fused-ring (bicyclic) bond motifs is 1. The standard InChI is InChI=1S/C17H14Cl2N4/c1-10(11-5-6-13(18)14(19)7-11)9-21-17-22-15-4-2-3-12(8-20)16(15)23-17/h2-7,10H,9H2,1H3,(H2,21,22,23). The number of nitriles is 1. The predicted molar refractivity (Wildman–Crippen MR) is 94.2 cm³/mol. The van der Waals surface area contributed by atoms with Gasteiger partial charge in [0.25, 0.3) is 0 Å². The molecule has 3 aromatic rings. The first-order chi connectivity index (χ1) is 11.1. The Hall–Kier alpha value is -2.22. The van der Waals surface area contributed by atoms with Crippen LogP contribution in [-0.2, 0) is 0 Å². The molecule has 1 atom stereocenters. The van der Waals surface area contributed by atoms with E-state index in [9.17, 15) is 0 Å². The number of H-pyrrole nitrogens is 1. The van der Waals surface area contributed by atoms with Gasteiger partial charge in [-0.15, -0.1) is 0 Å². The van der Waals surface area contributed by atoms with Gasteiger partial charge in [0, 0.05) is 6.54 Å². The fourth-order valence-electron chi connectivity index (χ4n) is 2.39. The minimum atomic E-state index is 0.230. The maximum absolute atomic E-state index is 9.11. The Balaban J connectivity index is 1.75. The molecular weight excluding hydrogens is 331 g/mol. The van der Waals surface area contributed by atoms with Gasteiger partial charge in [-0.25, -0.2) is 4.98 Å². The fraction of sp³-hybridized carbons (Fsp3) is 0.176. The zero-order chi connectivity index (χ0) is 16.4. The van der Waals surface area contributed by atoms with Crippen LogP contribution in [0.25, 0.3) is 11.0 Å². The molecule has 0 fully saturated rings. The van der Waals surface area contributed by atoms with Crippen molar-refractivity contribution in [1.29, 1.82) is 5.26 Å². The van der Waals surface area contributed by atoms with Crippen LogP contribution in [0.4, 0.5) is 5.95 Å². The van der Waals surface area contributed by atoms with Crippen LogP contribution < -0.4 is 5.32 Å². The van der Waals surface area contributed by atoms with Crippen LogP contribution in [0.15, 0.2) is 36.4 Å². The zero-order valence-corrected chi connectivity index (χ0v) is 13.9. The Morgan fingerprint density at radius 2 is 2.09 bits per heavy atom. The van der Waals surface area contributed by atoms with Gasteiger partial charge < -0.3 is 10.3 Å². The van der Waals surface area contributed by atoms with E-state index in [1.54, 1.807) is 12.1 Å². The quantitative estimate of drug-likeness (QED) is 0.703. The van der Waals surface area contributed by atoms with E-state index >= 15 is 0 Å². The van der Waals surface area contributed by atoms with E-state index in [0.29, 0.717) is 33.6 Å². The molecule has 1 heterocycles. The SMILES string of the molecule is CC(CNc1nc2c(C#N)cccc2[nH]1)c1ccc(Cl)c(Cl)c1. The average Bonchev–Trinajstić information content (AvgIpc) is 2.98. The Morgan fingerprint density at radius 3 is 2.83 bits per heavy atom. The molecule has 1 unspecified atom stereocenters. The van der Waals surface area contributed by atoms with E-state index in [1.807, 2.05) is 24.3 Å². The number of aromatic amines is 1. The number of hydrogen-bond donors (Lipinski definition) is 2. The summed E-state index contributed by atoms with van der Waals surface area (Å²) >= 11 is 12.0. The lowest BCUT2D eigenvalue weighted by Gasteiger charge is -2.13. The van der Waals surface area contributed by atoms with Crippen LogP contribution in [0.2, 0.25) is 10.0 Å². The lowest BCUT2D eigenvalue weighted by Crippen LogP contribution is -2.10. The van der Waals surface area contributed by atoms with Gasteiger partial charge in [-0.3, -0.25) is 0 Å². The second-order valence-corrected chi connectivity index (χ2v) is 6.17. The number of nitrogens with zero attached hydrogens (tertiary/aromatic N) is 2. The molecule has 0 aliphatic rings. The van der Waals surface area contributed by atoms with Gasteiger partial charge in [-0.05, 0) is 35.7 Å². The monoisotopic (exact) mass is 344 g/mol. The summed E-state index contributed by atoms with van der Waals surface area (Å²) in [5, 5.41) is 13.5. The summed E-state index contributed by atoms with van der Waals surface area (Å²) in [6.45, 7) is 2.77. The molecule has 116 valence electrons. The molecule has 2 aromatic carbocycles. The second kappa shape index (κ2) is 6.49. The summed E-state index contributed by atoms with van der Waals surface area (Å²) in [5.41, 5.74) is 3.18. The summed E-state index contributed by atoms with van der Waals surface area (Å²) in [4.78, 5) is 7.62. The maximum Gasteiger partial charge on any atom is 0.201 e. The van der Waals surface area contributed by atoms with Crippen LogP contribution >= 0.6 is 23.2 Å². The smallest absolute Gasteiger partial charge is 0.201 e. The summed E-state index contributed by atoms with van der Waals surface area (Å²) in [6, 6.07) is 13.3. The van der Waals surface area contributed by atoms with Crippen LogP contribution in [0.1, 0.15) is 24.0 Å². The topological polar surface area (TPSA) is 64.5 Å². The Labute approximate surface area is 144 Å². The van der Waals surface area contributed by atoms with Gasteiger partial charge in [0.2, 0.25) is 5.95 Å². The number of halogens is 2. The van der Waals surface area contributed by atoms with Crippen molar-refractivity contribution in [3.8, 4) is 6.07 Å². The number of rotatable bonds is 4. The molecule has 6 heteroatoms. The van der Waals surface area contributed by atoms with Crippen molar-refractivity contribution in [3.63, 3.8) is 0 Å². The van der Waals surface area contributed by atoms with Crippen LogP contribution in [-0.4, -0.2) is 16.5 Å². The first-order valence-electron chi connectivity index (χ1n) is 7.16. The fourth-order valence-corrected chi connectivity index (χ4v) is 2.70. The van der Waals surface area contributed by atoms with Crippen LogP contribution in [0, 0.1) is 11.3 Å². The molecule has 0 amide bonds. The number of nitrogens with one attached hydrogen (secondary N) is 2. The predicted octanol–water partition coefficient (Wildman–Crippen LogP) is 4.96. The molecule has 3 rings (SSSR count). The number of para-hydroxylation sites is 1. The number of benzene rings is 2. The molecule has 23 heavy (non-hydrogen) atoms. The molecule has 0 radical (unpaired) electrons. The molecule has 0 saturated heterocycles. The Bertz CT molecular complexity index is 895.